The minimum absolute atomic E-state index is 0.764. The van der Waals surface area contributed by atoms with E-state index in [0.717, 1.165) is 11.8 Å². The summed E-state index contributed by atoms with van der Waals surface area (Å²) in [7, 11) is 0. The Balaban J connectivity index is 1.55. The van der Waals surface area contributed by atoms with Crippen molar-refractivity contribution < 1.29 is 0 Å². The van der Waals surface area contributed by atoms with Crippen LogP contribution < -0.4 is 0 Å². The molecule has 0 bridgehead atoms. The van der Waals surface area contributed by atoms with Gasteiger partial charge < -0.3 is 0 Å². The van der Waals surface area contributed by atoms with Gasteiger partial charge in [-0.25, -0.2) is 0 Å². The van der Waals surface area contributed by atoms with Gasteiger partial charge in [-0.2, -0.15) is 0 Å². The standard InChI is InChI=1S/C27H36/c1-3-5-7-9-23-12-16-25(17-13-23)27-20-18-26(19-21-27)24-14-10-22(11-15-24)8-6-4-2/h4,12-13,16-22,24H,2-3,5-11,14-15H2,1H3. The van der Waals surface area contributed by atoms with E-state index in [4.69, 9.17) is 0 Å². The minimum Gasteiger partial charge on any atom is -0.103 e. The highest BCUT2D eigenvalue weighted by molar-refractivity contribution is 5.64. The average Bonchev–Trinajstić information content (AvgIpc) is 2.73. The second-order valence-electron chi connectivity index (χ2n) is 8.36. The Labute approximate surface area is 166 Å². The van der Waals surface area contributed by atoms with E-state index in [1.54, 1.807) is 0 Å². The van der Waals surface area contributed by atoms with Crippen molar-refractivity contribution in [1.82, 2.24) is 0 Å². The first-order valence-electron chi connectivity index (χ1n) is 11.1. The fourth-order valence-electron chi connectivity index (χ4n) is 4.53. The quantitative estimate of drug-likeness (QED) is 0.311. The first-order chi connectivity index (χ1) is 13.3. The maximum Gasteiger partial charge on any atom is -0.0162 e. The molecule has 0 nitrogen and oxygen atoms in total. The van der Waals surface area contributed by atoms with Crippen LogP contribution in [0.1, 0.15) is 81.8 Å². The molecule has 0 aliphatic heterocycles. The van der Waals surface area contributed by atoms with Crippen LogP contribution in [0.4, 0.5) is 0 Å². The Morgan fingerprint density at radius 1 is 0.852 bits per heavy atom. The third kappa shape index (κ3) is 5.83. The summed E-state index contributed by atoms with van der Waals surface area (Å²) in [6.07, 6.45) is 15.2. The Kier molecular flexibility index (Phi) is 7.75. The average molecular weight is 361 g/mol. The number of hydrogen-bond acceptors (Lipinski definition) is 0. The highest BCUT2D eigenvalue weighted by Gasteiger charge is 2.21. The molecule has 144 valence electrons. The number of aryl methyl sites for hydroxylation is 1. The third-order valence-corrected chi connectivity index (χ3v) is 6.36. The van der Waals surface area contributed by atoms with Crippen LogP contribution in [-0.2, 0) is 6.42 Å². The zero-order valence-electron chi connectivity index (χ0n) is 17.1. The number of benzene rings is 2. The monoisotopic (exact) mass is 360 g/mol. The van der Waals surface area contributed by atoms with Crippen molar-refractivity contribution in [3.63, 3.8) is 0 Å². The summed E-state index contributed by atoms with van der Waals surface area (Å²) in [5.74, 6) is 1.69. The van der Waals surface area contributed by atoms with Crippen LogP contribution in [0.2, 0.25) is 0 Å². The topological polar surface area (TPSA) is 0 Å². The molecule has 1 aliphatic carbocycles. The Bertz CT molecular complexity index is 669. The molecule has 2 aromatic carbocycles. The van der Waals surface area contributed by atoms with Crippen molar-refractivity contribution in [3.05, 3.63) is 72.3 Å². The molecular formula is C27H36. The van der Waals surface area contributed by atoms with Gasteiger partial charge in [-0.15, -0.1) is 6.58 Å². The number of hydrogen-bond donors (Lipinski definition) is 0. The SMILES string of the molecule is C=CCCC1CCC(c2ccc(-c3ccc(CCCCC)cc3)cc2)CC1. The van der Waals surface area contributed by atoms with Crippen molar-refractivity contribution in [1.29, 1.82) is 0 Å². The maximum absolute atomic E-state index is 3.86. The van der Waals surface area contributed by atoms with Gasteiger partial charge in [0.05, 0.1) is 0 Å². The van der Waals surface area contributed by atoms with Crippen LogP contribution in [0, 0.1) is 5.92 Å². The second-order valence-corrected chi connectivity index (χ2v) is 8.36. The van der Waals surface area contributed by atoms with Gasteiger partial charge >= 0.3 is 0 Å². The molecule has 0 amide bonds. The van der Waals surface area contributed by atoms with Crippen LogP contribution in [-0.4, -0.2) is 0 Å². The van der Waals surface area contributed by atoms with Crippen molar-refractivity contribution in [3.8, 4) is 11.1 Å². The summed E-state index contributed by atoms with van der Waals surface area (Å²) >= 11 is 0. The summed E-state index contributed by atoms with van der Waals surface area (Å²) in [6.45, 7) is 6.13. The molecule has 0 saturated heterocycles. The second kappa shape index (κ2) is 10.5. The fraction of sp³-hybridized carbons (Fsp3) is 0.481. The maximum atomic E-state index is 3.86. The van der Waals surface area contributed by atoms with Crippen molar-refractivity contribution in [2.24, 2.45) is 5.92 Å². The summed E-state index contributed by atoms with van der Waals surface area (Å²) < 4.78 is 0. The van der Waals surface area contributed by atoms with E-state index in [1.807, 2.05) is 0 Å². The lowest BCUT2D eigenvalue weighted by Gasteiger charge is -2.28. The van der Waals surface area contributed by atoms with E-state index < -0.39 is 0 Å². The molecule has 0 heteroatoms. The van der Waals surface area contributed by atoms with E-state index >= 15 is 0 Å². The summed E-state index contributed by atoms with van der Waals surface area (Å²) in [6, 6.07) is 18.6. The van der Waals surface area contributed by atoms with E-state index in [2.05, 4.69) is 68.1 Å². The lowest BCUT2D eigenvalue weighted by atomic mass is 9.77. The number of allylic oxidation sites excluding steroid dienone is 1. The van der Waals surface area contributed by atoms with E-state index in [0.29, 0.717) is 0 Å². The van der Waals surface area contributed by atoms with Crippen molar-refractivity contribution >= 4 is 0 Å². The fourth-order valence-corrected chi connectivity index (χ4v) is 4.53. The largest absolute Gasteiger partial charge is 0.103 e. The molecule has 1 saturated carbocycles. The normalized spacial score (nSPS) is 19.7. The van der Waals surface area contributed by atoms with Gasteiger partial charge in [0.25, 0.3) is 0 Å². The van der Waals surface area contributed by atoms with Gasteiger partial charge in [0.1, 0.15) is 0 Å². The molecule has 0 radical (unpaired) electrons. The summed E-state index contributed by atoms with van der Waals surface area (Å²) in [4.78, 5) is 0. The van der Waals surface area contributed by atoms with Gasteiger partial charge in [-0.3, -0.25) is 0 Å². The predicted octanol–water partition coefficient (Wildman–Crippen LogP) is 8.33. The molecule has 1 aliphatic rings. The van der Waals surface area contributed by atoms with Crippen molar-refractivity contribution in [2.75, 3.05) is 0 Å². The number of rotatable bonds is 9. The molecule has 0 unspecified atom stereocenters. The van der Waals surface area contributed by atoms with E-state index in [9.17, 15) is 0 Å². The van der Waals surface area contributed by atoms with Crippen LogP contribution in [0.5, 0.6) is 0 Å². The lowest BCUT2D eigenvalue weighted by Crippen LogP contribution is -2.13. The Morgan fingerprint density at radius 2 is 1.48 bits per heavy atom. The van der Waals surface area contributed by atoms with Gasteiger partial charge in [0.2, 0.25) is 0 Å². The summed E-state index contributed by atoms with van der Waals surface area (Å²) in [5.41, 5.74) is 5.70. The van der Waals surface area contributed by atoms with Gasteiger partial charge in [-0.1, -0.05) is 74.4 Å². The predicted molar refractivity (Wildman–Crippen MR) is 119 cm³/mol. The van der Waals surface area contributed by atoms with Crippen molar-refractivity contribution in [2.45, 2.75) is 77.0 Å². The van der Waals surface area contributed by atoms with Crippen LogP contribution in [0.3, 0.4) is 0 Å². The third-order valence-electron chi connectivity index (χ3n) is 6.36. The molecule has 3 rings (SSSR count). The lowest BCUT2D eigenvalue weighted by molar-refractivity contribution is 0.312. The molecule has 2 aromatic rings. The molecule has 1 fully saturated rings. The minimum atomic E-state index is 0.764. The van der Waals surface area contributed by atoms with Gasteiger partial charge in [0, 0.05) is 0 Å². The number of unbranched alkanes of at least 4 members (excludes halogenated alkanes) is 2. The highest BCUT2D eigenvalue weighted by Crippen LogP contribution is 2.38. The van der Waals surface area contributed by atoms with Crippen LogP contribution >= 0.6 is 0 Å². The molecule has 0 heterocycles. The molecular weight excluding hydrogens is 324 g/mol. The first kappa shape index (κ1) is 19.9. The molecule has 0 N–H and O–H groups in total. The first-order valence-corrected chi connectivity index (χ1v) is 11.1. The highest BCUT2D eigenvalue weighted by atomic mass is 14.3. The molecule has 0 aromatic heterocycles. The smallest absolute Gasteiger partial charge is 0.0162 e. The van der Waals surface area contributed by atoms with E-state index in [-0.39, 0.29) is 0 Å². The zero-order chi connectivity index (χ0) is 18.9. The zero-order valence-corrected chi connectivity index (χ0v) is 17.1. The molecule has 27 heavy (non-hydrogen) atoms. The van der Waals surface area contributed by atoms with Gasteiger partial charge in [0.15, 0.2) is 0 Å². The van der Waals surface area contributed by atoms with E-state index in [1.165, 1.54) is 86.5 Å². The van der Waals surface area contributed by atoms with Crippen LogP contribution in [0.25, 0.3) is 11.1 Å². The Morgan fingerprint density at radius 3 is 2.07 bits per heavy atom. The van der Waals surface area contributed by atoms with Gasteiger partial charge in [-0.05, 0) is 85.5 Å². The molecule has 0 spiro atoms. The Hall–Kier alpha value is -1.82. The summed E-state index contributed by atoms with van der Waals surface area (Å²) in [5, 5.41) is 0. The molecule has 0 atom stereocenters. The van der Waals surface area contributed by atoms with Crippen LogP contribution in [0.15, 0.2) is 61.2 Å².